The SMILES string of the molecule is CN(CC(=O)NC(CCCc1ccccc1)c1ccccc1)C1=NS(=O)(=O)c2ccccc21. The molecule has 0 saturated heterocycles. The van der Waals surface area contributed by atoms with Gasteiger partial charge >= 0.3 is 0 Å². The molecule has 0 spiro atoms. The van der Waals surface area contributed by atoms with Crippen molar-refractivity contribution < 1.29 is 13.2 Å². The average molecular weight is 462 g/mol. The van der Waals surface area contributed by atoms with Gasteiger partial charge in [-0.25, -0.2) is 0 Å². The predicted octanol–water partition coefficient (Wildman–Crippen LogP) is 3.95. The lowest BCUT2D eigenvalue weighted by Gasteiger charge is -2.23. The summed E-state index contributed by atoms with van der Waals surface area (Å²) >= 11 is 0. The van der Waals surface area contributed by atoms with E-state index in [4.69, 9.17) is 0 Å². The van der Waals surface area contributed by atoms with Gasteiger partial charge in [-0.2, -0.15) is 8.42 Å². The molecule has 170 valence electrons. The van der Waals surface area contributed by atoms with E-state index in [0.29, 0.717) is 11.4 Å². The molecule has 3 aromatic carbocycles. The molecule has 0 saturated carbocycles. The van der Waals surface area contributed by atoms with Crippen molar-refractivity contribution >= 4 is 21.8 Å². The summed E-state index contributed by atoms with van der Waals surface area (Å²) in [5.41, 5.74) is 2.84. The van der Waals surface area contributed by atoms with E-state index >= 15 is 0 Å². The molecule has 1 atom stereocenters. The highest BCUT2D eigenvalue weighted by molar-refractivity contribution is 7.90. The molecule has 7 heteroatoms. The van der Waals surface area contributed by atoms with Gasteiger partial charge in [0.2, 0.25) is 5.91 Å². The normalized spacial score (nSPS) is 14.8. The third-order valence-corrected chi connectivity index (χ3v) is 7.02. The maximum absolute atomic E-state index is 12.9. The molecule has 0 aliphatic carbocycles. The Hall–Kier alpha value is -3.45. The first kappa shape index (κ1) is 22.7. The minimum absolute atomic E-state index is 0.00467. The largest absolute Gasteiger partial charge is 0.349 e. The number of carbonyl (C=O) groups excluding carboxylic acids is 1. The Balaban J connectivity index is 1.42. The summed E-state index contributed by atoms with van der Waals surface area (Å²) in [5, 5.41) is 3.13. The third-order valence-electron chi connectivity index (χ3n) is 5.69. The van der Waals surface area contributed by atoms with Gasteiger partial charge in [0.05, 0.1) is 12.6 Å². The minimum atomic E-state index is -3.73. The van der Waals surface area contributed by atoms with E-state index in [1.807, 2.05) is 48.5 Å². The van der Waals surface area contributed by atoms with Crippen molar-refractivity contribution in [2.24, 2.45) is 4.40 Å². The van der Waals surface area contributed by atoms with Crippen molar-refractivity contribution in [2.45, 2.75) is 30.2 Å². The summed E-state index contributed by atoms with van der Waals surface area (Å²) in [6, 6.07) is 26.8. The van der Waals surface area contributed by atoms with Gasteiger partial charge in [-0.1, -0.05) is 72.8 Å². The zero-order valence-corrected chi connectivity index (χ0v) is 19.3. The zero-order valence-electron chi connectivity index (χ0n) is 18.5. The van der Waals surface area contributed by atoms with Crippen LogP contribution >= 0.6 is 0 Å². The van der Waals surface area contributed by atoms with E-state index in [9.17, 15) is 13.2 Å². The molecule has 33 heavy (non-hydrogen) atoms. The zero-order chi connectivity index (χ0) is 23.3. The molecule has 3 aromatic rings. The summed E-state index contributed by atoms with van der Waals surface area (Å²) in [6.07, 6.45) is 2.66. The van der Waals surface area contributed by atoms with Crippen molar-refractivity contribution in [3.05, 3.63) is 102 Å². The van der Waals surface area contributed by atoms with E-state index in [1.54, 1.807) is 30.1 Å². The number of hydrogen-bond donors (Lipinski definition) is 1. The Morgan fingerprint density at radius 1 is 0.939 bits per heavy atom. The number of nitrogens with one attached hydrogen (secondary N) is 1. The summed E-state index contributed by atoms with van der Waals surface area (Å²) < 4.78 is 28.6. The van der Waals surface area contributed by atoms with Gasteiger partial charge in [0.25, 0.3) is 10.0 Å². The number of fused-ring (bicyclic) bond motifs is 1. The maximum Gasteiger partial charge on any atom is 0.285 e. The Bertz CT molecular complexity index is 1240. The van der Waals surface area contributed by atoms with Crippen LogP contribution in [0.1, 0.15) is 35.6 Å². The first-order chi connectivity index (χ1) is 15.9. The standard InChI is InChI=1S/C26H27N3O3S/c1-29(26-22-16-8-9-18-24(22)33(31,32)28-26)19-25(30)27-23(21-14-6-3-7-15-21)17-10-13-20-11-4-2-5-12-20/h2-9,11-12,14-16,18,23H,10,13,17,19H2,1H3,(H,27,30). The quantitative estimate of drug-likeness (QED) is 0.551. The van der Waals surface area contributed by atoms with Crippen LogP contribution in [0.3, 0.4) is 0 Å². The van der Waals surface area contributed by atoms with Crippen LogP contribution < -0.4 is 5.32 Å². The smallest absolute Gasteiger partial charge is 0.285 e. The number of hydrogen-bond acceptors (Lipinski definition) is 4. The first-order valence-electron chi connectivity index (χ1n) is 11.0. The van der Waals surface area contributed by atoms with Crippen molar-refractivity contribution in [1.82, 2.24) is 10.2 Å². The van der Waals surface area contributed by atoms with Crippen LogP contribution in [0.25, 0.3) is 0 Å². The highest BCUT2D eigenvalue weighted by Crippen LogP contribution is 2.27. The second kappa shape index (κ2) is 10.0. The second-order valence-corrected chi connectivity index (χ2v) is 9.72. The Morgan fingerprint density at radius 2 is 1.58 bits per heavy atom. The van der Waals surface area contributed by atoms with E-state index < -0.39 is 10.0 Å². The van der Waals surface area contributed by atoms with Crippen LogP contribution in [0.15, 0.2) is 94.2 Å². The second-order valence-electron chi connectivity index (χ2n) is 8.15. The van der Waals surface area contributed by atoms with Gasteiger partial charge in [0.15, 0.2) is 5.84 Å². The monoisotopic (exact) mass is 461 g/mol. The van der Waals surface area contributed by atoms with Crippen LogP contribution in [-0.2, 0) is 21.2 Å². The third kappa shape index (κ3) is 5.49. The lowest BCUT2D eigenvalue weighted by atomic mass is 9.99. The molecule has 0 fully saturated rings. The van der Waals surface area contributed by atoms with Gasteiger partial charge in [0, 0.05) is 12.6 Å². The van der Waals surface area contributed by atoms with Gasteiger partial charge in [-0.3, -0.25) is 4.79 Å². The Morgan fingerprint density at radius 3 is 2.30 bits per heavy atom. The highest BCUT2D eigenvalue weighted by Gasteiger charge is 2.31. The Labute approximate surface area is 195 Å². The summed E-state index contributed by atoms with van der Waals surface area (Å²) in [5.74, 6) is 0.108. The number of amides is 1. The number of aryl methyl sites for hydroxylation is 1. The number of rotatable bonds is 8. The number of sulfonamides is 1. The molecule has 1 heterocycles. The molecular weight excluding hydrogens is 434 g/mol. The average Bonchev–Trinajstić information content (AvgIpc) is 3.11. The topological polar surface area (TPSA) is 78.8 Å². The van der Waals surface area contributed by atoms with Crippen LogP contribution in [0.2, 0.25) is 0 Å². The predicted molar refractivity (Wildman–Crippen MR) is 130 cm³/mol. The van der Waals surface area contributed by atoms with Crippen LogP contribution in [0, 0.1) is 0 Å². The number of nitrogens with zero attached hydrogens (tertiary/aromatic N) is 2. The molecule has 1 amide bonds. The van der Waals surface area contributed by atoms with Gasteiger partial charge < -0.3 is 10.2 Å². The van der Waals surface area contributed by atoms with Gasteiger partial charge in [-0.15, -0.1) is 4.40 Å². The molecule has 1 aliphatic rings. The first-order valence-corrected chi connectivity index (χ1v) is 12.4. The van der Waals surface area contributed by atoms with Crippen LogP contribution in [0.5, 0.6) is 0 Å². The van der Waals surface area contributed by atoms with Crippen molar-refractivity contribution in [3.63, 3.8) is 0 Å². The minimum Gasteiger partial charge on any atom is -0.349 e. The number of amidine groups is 1. The van der Waals surface area contributed by atoms with Crippen molar-refractivity contribution in [2.75, 3.05) is 13.6 Å². The molecule has 1 aliphatic heterocycles. The molecule has 4 rings (SSSR count). The molecule has 0 bridgehead atoms. The summed E-state index contributed by atoms with van der Waals surface area (Å²) in [4.78, 5) is 14.7. The lowest BCUT2D eigenvalue weighted by Crippen LogP contribution is -2.39. The fraction of sp³-hybridized carbons (Fsp3) is 0.231. The molecule has 0 radical (unpaired) electrons. The Kier molecular flexibility index (Phi) is 6.89. The molecule has 1 N–H and O–H groups in total. The van der Waals surface area contributed by atoms with Crippen molar-refractivity contribution in [1.29, 1.82) is 0 Å². The highest BCUT2D eigenvalue weighted by atomic mass is 32.2. The van der Waals surface area contributed by atoms with E-state index in [2.05, 4.69) is 21.8 Å². The summed E-state index contributed by atoms with van der Waals surface area (Å²) in [6.45, 7) is 0.00467. The number of likely N-dealkylation sites (N-methyl/N-ethyl adjacent to an activating group) is 1. The number of carbonyl (C=O) groups is 1. The maximum atomic E-state index is 12.9. The van der Waals surface area contributed by atoms with Crippen LogP contribution in [-0.4, -0.2) is 38.7 Å². The van der Waals surface area contributed by atoms with Gasteiger partial charge in [-0.05, 0) is 42.5 Å². The fourth-order valence-electron chi connectivity index (χ4n) is 4.06. The molecule has 1 unspecified atom stereocenters. The van der Waals surface area contributed by atoms with E-state index in [1.165, 1.54) is 11.6 Å². The number of benzene rings is 3. The molecule has 6 nitrogen and oxygen atoms in total. The molecule has 0 aromatic heterocycles. The van der Waals surface area contributed by atoms with E-state index in [0.717, 1.165) is 24.8 Å². The van der Waals surface area contributed by atoms with E-state index in [-0.39, 0.29) is 23.4 Å². The molecular formula is C26H27N3O3S. The van der Waals surface area contributed by atoms with Crippen molar-refractivity contribution in [3.8, 4) is 0 Å². The summed E-state index contributed by atoms with van der Waals surface area (Å²) in [7, 11) is -2.04. The van der Waals surface area contributed by atoms with Crippen LogP contribution in [0.4, 0.5) is 0 Å². The van der Waals surface area contributed by atoms with Gasteiger partial charge in [0.1, 0.15) is 4.90 Å². The lowest BCUT2D eigenvalue weighted by molar-refractivity contribution is -0.122. The fourth-order valence-corrected chi connectivity index (χ4v) is 5.31.